The van der Waals surface area contributed by atoms with Crippen LogP contribution in [0.4, 0.5) is 0 Å². The molecule has 0 fully saturated rings. The van der Waals surface area contributed by atoms with Crippen molar-refractivity contribution in [3.8, 4) is 0 Å². The Morgan fingerprint density at radius 1 is 1.67 bits per heavy atom. The molecule has 0 N–H and O–H groups in total. The zero-order valence-electron chi connectivity index (χ0n) is 7.20. The predicted octanol–water partition coefficient (Wildman–Crippen LogP) is 1.01. The molecular weight excluding hydrogens is 160 g/mol. The summed E-state index contributed by atoms with van der Waals surface area (Å²) in [6, 6.07) is 0. The van der Waals surface area contributed by atoms with Gasteiger partial charge in [-0.2, -0.15) is 0 Å². The van der Waals surface area contributed by atoms with Crippen molar-refractivity contribution in [1.82, 2.24) is 0 Å². The van der Waals surface area contributed by atoms with Gasteiger partial charge in [-0.05, 0) is 19.9 Å². The molecule has 0 saturated carbocycles. The minimum Gasteiger partial charge on any atom is -0.457 e. The first-order chi connectivity index (χ1) is 5.61. The van der Waals surface area contributed by atoms with Gasteiger partial charge in [0.15, 0.2) is 0 Å². The smallest absolute Gasteiger partial charge is 0.373 e. The molecule has 0 saturated heterocycles. The third-order valence-corrected chi connectivity index (χ3v) is 1.30. The Hall–Kier alpha value is -1.32. The van der Waals surface area contributed by atoms with Crippen LogP contribution in [0, 0.1) is 0 Å². The van der Waals surface area contributed by atoms with Crippen LogP contribution < -0.4 is 0 Å². The quantitative estimate of drug-likeness (QED) is 0.269. The molecule has 0 aliphatic carbocycles. The highest BCUT2D eigenvalue weighted by molar-refractivity contribution is 5.86. The lowest BCUT2D eigenvalue weighted by Gasteiger charge is -2.10. The van der Waals surface area contributed by atoms with E-state index in [2.05, 4.69) is 11.3 Å². The van der Waals surface area contributed by atoms with E-state index in [0.717, 1.165) is 0 Å². The summed E-state index contributed by atoms with van der Waals surface area (Å²) in [5, 5.41) is 0. The van der Waals surface area contributed by atoms with E-state index in [0.29, 0.717) is 6.42 Å². The third-order valence-electron chi connectivity index (χ3n) is 1.30. The first-order valence-electron chi connectivity index (χ1n) is 3.62. The first-order valence-corrected chi connectivity index (χ1v) is 3.62. The minimum absolute atomic E-state index is 0.139. The molecule has 0 bridgehead atoms. The molecule has 0 aromatic carbocycles. The standard InChI is InChI=1S/C8H12O4/c1-4-6(2)12-8(10)7(3)11-5-9/h5-6H,3-4H2,1-2H3. The predicted molar refractivity (Wildman–Crippen MR) is 42.1 cm³/mol. The molecule has 0 aliphatic rings. The number of ether oxygens (including phenoxy) is 2. The van der Waals surface area contributed by atoms with Gasteiger partial charge in [-0.25, -0.2) is 4.79 Å². The van der Waals surface area contributed by atoms with Crippen molar-refractivity contribution >= 4 is 12.4 Å². The average molecular weight is 172 g/mol. The van der Waals surface area contributed by atoms with Gasteiger partial charge in [0, 0.05) is 0 Å². The van der Waals surface area contributed by atoms with Crippen LogP contribution >= 0.6 is 0 Å². The molecule has 0 rings (SSSR count). The summed E-state index contributed by atoms with van der Waals surface area (Å²) >= 11 is 0. The Morgan fingerprint density at radius 2 is 2.25 bits per heavy atom. The number of carbonyl (C=O) groups is 2. The second kappa shape index (κ2) is 5.35. The zero-order chi connectivity index (χ0) is 9.56. The largest absolute Gasteiger partial charge is 0.457 e. The van der Waals surface area contributed by atoms with Gasteiger partial charge in [0.1, 0.15) is 0 Å². The summed E-state index contributed by atoms with van der Waals surface area (Å²) in [6.07, 6.45) is 0.518. The number of rotatable bonds is 5. The number of hydrogen-bond donors (Lipinski definition) is 0. The molecule has 68 valence electrons. The summed E-state index contributed by atoms with van der Waals surface area (Å²) in [7, 11) is 0. The van der Waals surface area contributed by atoms with E-state index in [4.69, 9.17) is 4.74 Å². The molecule has 0 spiro atoms. The Bertz CT molecular complexity index is 185. The fourth-order valence-electron chi connectivity index (χ4n) is 0.438. The Labute approximate surface area is 71.2 Å². The maximum atomic E-state index is 10.9. The van der Waals surface area contributed by atoms with E-state index >= 15 is 0 Å². The van der Waals surface area contributed by atoms with Gasteiger partial charge in [0.25, 0.3) is 6.47 Å². The maximum Gasteiger partial charge on any atom is 0.373 e. The van der Waals surface area contributed by atoms with Gasteiger partial charge < -0.3 is 9.47 Å². The van der Waals surface area contributed by atoms with Crippen molar-refractivity contribution in [2.45, 2.75) is 26.4 Å². The highest BCUT2D eigenvalue weighted by atomic mass is 16.6. The summed E-state index contributed by atoms with van der Waals surface area (Å²) in [5.74, 6) is -0.984. The Kier molecular flexibility index (Phi) is 4.76. The lowest BCUT2D eigenvalue weighted by atomic mass is 10.3. The van der Waals surface area contributed by atoms with E-state index < -0.39 is 5.97 Å². The fourth-order valence-corrected chi connectivity index (χ4v) is 0.438. The van der Waals surface area contributed by atoms with Crippen LogP contribution in [0.2, 0.25) is 0 Å². The molecule has 0 amide bonds. The lowest BCUT2D eigenvalue weighted by Crippen LogP contribution is -2.16. The molecule has 12 heavy (non-hydrogen) atoms. The van der Waals surface area contributed by atoms with Gasteiger partial charge in [-0.3, -0.25) is 4.79 Å². The van der Waals surface area contributed by atoms with Gasteiger partial charge in [0.2, 0.25) is 5.76 Å². The van der Waals surface area contributed by atoms with Crippen molar-refractivity contribution in [1.29, 1.82) is 0 Å². The summed E-state index contributed by atoms with van der Waals surface area (Å²) in [5.41, 5.74) is 0. The molecule has 0 radical (unpaired) electrons. The van der Waals surface area contributed by atoms with Gasteiger partial charge in [-0.15, -0.1) is 0 Å². The molecule has 4 nitrogen and oxygen atoms in total. The van der Waals surface area contributed by atoms with E-state index in [9.17, 15) is 9.59 Å². The van der Waals surface area contributed by atoms with E-state index in [1.807, 2.05) is 6.92 Å². The molecule has 0 heterocycles. The van der Waals surface area contributed by atoms with Crippen LogP contribution in [0.25, 0.3) is 0 Å². The van der Waals surface area contributed by atoms with Crippen LogP contribution in [-0.2, 0) is 19.1 Å². The van der Waals surface area contributed by atoms with Gasteiger partial charge in [-0.1, -0.05) is 6.92 Å². The van der Waals surface area contributed by atoms with E-state index in [1.165, 1.54) is 0 Å². The number of esters is 1. The summed E-state index contributed by atoms with van der Waals surface area (Å²) in [4.78, 5) is 20.7. The molecule has 0 aromatic rings. The number of hydrogen-bond acceptors (Lipinski definition) is 4. The lowest BCUT2D eigenvalue weighted by molar-refractivity contribution is -0.150. The average Bonchev–Trinajstić information content (AvgIpc) is 2.04. The van der Waals surface area contributed by atoms with E-state index in [1.54, 1.807) is 6.92 Å². The number of carbonyl (C=O) groups excluding carboxylic acids is 2. The van der Waals surface area contributed by atoms with Crippen LogP contribution in [0.5, 0.6) is 0 Å². The van der Waals surface area contributed by atoms with Crippen molar-refractivity contribution in [2.75, 3.05) is 0 Å². The van der Waals surface area contributed by atoms with E-state index in [-0.39, 0.29) is 18.3 Å². The van der Waals surface area contributed by atoms with Crippen LogP contribution in [0.15, 0.2) is 12.3 Å². The molecule has 0 aliphatic heterocycles. The topological polar surface area (TPSA) is 52.6 Å². The SMILES string of the molecule is C=C(OC=O)C(=O)OC(C)CC. The minimum atomic E-state index is -0.698. The third kappa shape index (κ3) is 3.75. The van der Waals surface area contributed by atoms with Crippen LogP contribution in [0.1, 0.15) is 20.3 Å². The van der Waals surface area contributed by atoms with Crippen molar-refractivity contribution in [3.63, 3.8) is 0 Å². The first kappa shape index (κ1) is 10.7. The highest BCUT2D eigenvalue weighted by Gasteiger charge is 2.12. The normalized spacial score (nSPS) is 11.5. The van der Waals surface area contributed by atoms with Crippen LogP contribution in [-0.4, -0.2) is 18.5 Å². The summed E-state index contributed by atoms with van der Waals surface area (Å²) in [6.45, 7) is 6.96. The van der Waals surface area contributed by atoms with Crippen molar-refractivity contribution < 1.29 is 19.1 Å². The van der Waals surface area contributed by atoms with Crippen LogP contribution in [0.3, 0.4) is 0 Å². The maximum absolute atomic E-state index is 10.9. The Morgan fingerprint density at radius 3 is 2.67 bits per heavy atom. The molecule has 4 heteroatoms. The van der Waals surface area contributed by atoms with Crippen molar-refractivity contribution in [3.05, 3.63) is 12.3 Å². The van der Waals surface area contributed by atoms with Crippen molar-refractivity contribution in [2.24, 2.45) is 0 Å². The van der Waals surface area contributed by atoms with Gasteiger partial charge in [0.05, 0.1) is 6.10 Å². The summed E-state index contributed by atoms with van der Waals surface area (Å²) < 4.78 is 8.99. The second-order valence-electron chi connectivity index (χ2n) is 2.26. The monoisotopic (exact) mass is 172 g/mol. The van der Waals surface area contributed by atoms with Gasteiger partial charge >= 0.3 is 5.97 Å². The Balaban J connectivity index is 3.86. The molecule has 0 aromatic heterocycles. The highest BCUT2D eigenvalue weighted by Crippen LogP contribution is 2.01. The molecular formula is C8H12O4. The molecule has 1 atom stereocenters. The molecule has 1 unspecified atom stereocenters. The second-order valence-corrected chi connectivity index (χ2v) is 2.26. The fraction of sp³-hybridized carbons (Fsp3) is 0.500. The zero-order valence-corrected chi connectivity index (χ0v) is 7.20.